The molecule has 1 aliphatic rings. The zero-order valence-corrected chi connectivity index (χ0v) is 14.3. The summed E-state index contributed by atoms with van der Waals surface area (Å²) in [5, 5.41) is 0.194. The lowest BCUT2D eigenvalue weighted by Gasteiger charge is -2.43. The summed E-state index contributed by atoms with van der Waals surface area (Å²) in [6.07, 6.45) is 1.25. The molecule has 19 heavy (non-hydrogen) atoms. The van der Waals surface area contributed by atoms with Gasteiger partial charge in [0, 0.05) is 13.3 Å². The number of esters is 1. The maximum atomic E-state index is 10.9. The molecule has 0 radical (unpaired) electrons. The van der Waals surface area contributed by atoms with E-state index >= 15 is 0 Å². The van der Waals surface area contributed by atoms with Crippen LogP contribution >= 0.6 is 0 Å². The molecule has 1 saturated heterocycles. The quantitative estimate of drug-likeness (QED) is 0.589. The lowest BCUT2D eigenvalue weighted by molar-refractivity contribution is -0.214. The predicted octanol–water partition coefficient (Wildman–Crippen LogP) is 3.46. The van der Waals surface area contributed by atoms with E-state index in [9.17, 15) is 4.79 Å². The lowest BCUT2D eigenvalue weighted by atomic mass is 10.1. The fourth-order valence-electron chi connectivity index (χ4n) is 1.91. The van der Waals surface area contributed by atoms with Gasteiger partial charge in [0.05, 0.1) is 12.2 Å². The molecule has 0 amide bonds. The van der Waals surface area contributed by atoms with Crippen LogP contribution in [0.4, 0.5) is 0 Å². The van der Waals surface area contributed by atoms with Crippen LogP contribution in [-0.2, 0) is 18.7 Å². The second-order valence-electron chi connectivity index (χ2n) is 6.87. The van der Waals surface area contributed by atoms with Gasteiger partial charge in [-0.2, -0.15) is 0 Å². The fourth-order valence-corrected chi connectivity index (χ4v) is 3.33. The van der Waals surface area contributed by atoms with E-state index in [-0.39, 0.29) is 23.2 Å². The molecule has 1 heterocycles. The Bertz CT molecular complexity index is 322. The number of rotatable bonds is 3. The van der Waals surface area contributed by atoms with Crippen LogP contribution in [0.1, 0.15) is 47.5 Å². The van der Waals surface area contributed by atoms with Gasteiger partial charge >= 0.3 is 5.97 Å². The van der Waals surface area contributed by atoms with Crippen LogP contribution in [0.25, 0.3) is 0 Å². The smallest absolute Gasteiger partial charge is 0.304 e. The summed E-state index contributed by atoms with van der Waals surface area (Å²) >= 11 is 0. The SMILES string of the molecule is CC(=O)OC1CCC(O[Si](C)(C)C(C)(C)C)C(C)O1. The highest BCUT2D eigenvalue weighted by molar-refractivity contribution is 6.74. The van der Waals surface area contributed by atoms with Crippen molar-refractivity contribution in [2.45, 2.75) is 84.1 Å². The molecule has 0 saturated carbocycles. The Labute approximate surface area is 117 Å². The number of ether oxygens (including phenoxy) is 2. The number of hydrogen-bond acceptors (Lipinski definition) is 4. The summed E-state index contributed by atoms with van der Waals surface area (Å²) in [7, 11) is -1.78. The van der Waals surface area contributed by atoms with E-state index in [1.54, 1.807) is 0 Å². The third kappa shape index (κ3) is 4.58. The molecule has 3 unspecified atom stereocenters. The van der Waals surface area contributed by atoms with Gasteiger partial charge in [0.25, 0.3) is 0 Å². The maximum Gasteiger partial charge on any atom is 0.304 e. The largest absolute Gasteiger partial charge is 0.436 e. The molecule has 3 atom stereocenters. The molecule has 0 aromatic rings. The first-order valence-corrected chi connectivity index (χ1v) is 9.94. The van der Waals surface area contributed by atoms with Crippen molar-refractivity contribution in [2.75, 3.05) is 0 Å². The first-order chi connectivity index (χ1) is 8.53. The van der Waals surface area contributed by atoms with Gasteiger partial charge in [0.1, 0.15) is 0 Å². The Morgan fingerprint density at radius 2 is 1.84 bits per heavy atom. The highest BCUT2D eigenvalue weighted by Gasteiger charge is 2.42. The standard InChI is InChI=1S/C14H28O4Si/c1-10-12(18-19(6,7)14(3,4)5)8-9-13(16-10)17-11(2)15/h10,12-13H,8-9H2,1-7H3. The van der Waals surface area contributed by atoms with Crippen LogP contribution in [0.15, 0.2) is 0 Å². The third-order valence-corrected chi connectivity index (χ3v) is 8.63. The van der Waals surface area contributed by atoms with E-state index < -0.39 is 14.6 Å². The Hall–Kier alpha value is -0.393. The van der Waals surface area contributed by atoms with Crippen molar-refractivity contribution < 1.29 is 18.7 Å². The minimum atomic E-state index is -1.78. The molecule has 0 N–H and O–H groups in total. The zero-order valence-electron chi connectivity index (χ0n) is 13.3. The monoisotopic (exact) mass is 288 g/mol. The van der Waals surface area contributed by atoms with Gasteiger partial charge < -0.3 is 13.9 Å². The Morgan fingerprint density at radius 3 is 2.26 bits per heavy atom. The van der Waals surface area contributed by atoms with Gasteiger partial charge in [-0.15, -0.1) is 0 Å². The van der Waals surface area contributed by atoms with Gasteiger partial charge in [-0.3, -0.25) is 4.79 Å². The molecule has 4 nitrogen and oxygen atoms in total. The summed E-state index contributed by atoms with van der Waals surface area (Å²) in [4.78, 5) is 10.9. The van der Waals surface area contributed by atoms with Crippen LogP contribution in [0, 0.1) is 0 Å². The average molecular weight is 288 g/mol. The molecule has 5 heteroatoms. The summed E-state index contributed by atoms with van der Waals surface area (Å²) in [5.74, 6) is -0.291. The molecule has 1 fully saturated rings. The van der Waals surface area contributed by atoms with Gasteiger partial charge in [-0.05, 0) is 31.5 Å². The van der Waals surface area contributed by atoms with Crippen molar-refractivity contribution in [1.29, 1.82) is 0 Å². The Kier molecular flexibility index (Phi) is 5.20. The van der Waals surface area contributed by atoms with Gasteiger partial charge in [0.15, 0.2) is 8.32 Å². The molecule has 0 bridgehead atoms. The third-order valence-electron chi connectivity index (χ3n) is 4.13. The molecule has 112 valence electrons. The summed E-state index contributed by atoms with van der Waals surface area (Å²) in [6, 6.07) is 0. The van der Waals surface area contributed by atoms with Crippen LogP contribution in [-0.4, -0.2) is 32.8 Å². The minimum absolute atomic E-state index is 0.0350. The normalized spacial score (nSPS) is 29.1. The average Bonchev–Trinajstić information content (AvgIpc) is 2.19. The second kappa shape index (κ2) is 5.93. The first-order valence-electron chi connectivity index (χ1n) is 7.03. The second-order valence-corrected chi connectivity index (χ2v) is 11.6. The van der Waals surface area contributed by atoms with Crippen LogP contribution < -0.4 is 0 Å². The summed E-state index contributed by atoms with van der Waals surface area (Å²) < 4.78 is 17.2. The molecule has 0 aromatic carbocycles. The van der Waals surface area contributed by atoms with E-state index in [4.69, 9.17) is 13.9 Å². The first kappa shape index (κ1) is 16.7. The fraction of sp³-hybridized carbons (Fsp3) is 0.929. The zero-order chi connectivity index (χ0) is 14.8. The number of carbonyl (C=O) groups is 1. The highest BCUT2D eigenvalue weighted by atomic mass is 28.4. The van der Waals surface area contributed by atoms with Crippen LogP contribution in [0.2, 0.25) is 18.1 Å². The van der Waals surface area contributed by atoms with Crippen molar-refractivity contribution in [3.05, 3.63) is 0 Å². The Balaban J connectivity index is 2.57. The maximum absolute atomic E-state index is 10.9. The van der Waals surface area contributed by atoms with Crippen molar-refractivity contribution in [3.8, 4) is 0 Å². The molecular weight excluding hydrogens is 260 g/mol. The Morgan fingerprint density at radius 1 is 1.26 bits per heavy atom. The van der Waals surface area contributed by atoms with Crippen molar-refractivity contribution in [3.63, 3.8) is 0 Å². The molecule has 0 aliphatic carbocycles. The number of hydrogen-bond donors (Lipinski definition) is 0. The van der Waals surface area contributed by atoms with Gasteiger partial charge in [-0.25, -0.2) is 0 Å². The van der Waals surface area contributed by atoms with E-state index in [0.717, 1.165) is 6.42 Å². The topological polar surface area (TPSA) is 44.8 Å². The predicted molar refractivity (Wildman–Crippen MR) is 77.4 cm³/mol. The van der Waals surface area contributed by atoms with Gasteiger partial charge in [0.2, 0.25) is 6.29 Å². The summed E-state index contributed by atoms with van der Waals surface area (Å²) in [5.41, 5.74) is 0. The number of carbonyl (C=O) groups excluding carboxylic acids is 1. The van der Waals surface area contributed by atoms with E-state index in [1.807, 2.05) is 6.92 Å². The van der Waals surface area contributed by atoms with Crippen LogP contribution in [0.3, 0.4) is 0 Å². The van der Waals surface area contributed by atoms with Crippen LogP contribution in [0.5, 0.6) is 0 Å². The highest BCUT2D eigenvalue weighted by Crippen LogP contribution is 2.39. The minimum Gasteiger partial charge on any atom is -0.436 e. The summed E-state index contributed by atoms with van der Waals surface area (Å²) in [6.45, 7) is 14.6. The molecule has 1 aliphatic heterocycles. The molecular formula is C14H28O4Si. The van der Waals surface area contributed by atoms with Crippen molar-refractivity contribution in [1.82, 2.24) is 0 Å². The van der Waals surface area contributed by atoms with Gasteiger partial charge in [-0.1, -0.05) is 20.8 Å². The van der Waals surface area contributed by atoms with E-state index in [2.05, 4.69) is 33.9 Å². The lowest BCUT2D eigenvalue weighted by Crippen LogP contribution is -2.49. The van der Waals surface area contributed by atoms with Crippen molar-refractivity contribution in [2.24, 2.45) is 0 Å². The molecule has 0 spiro atoms. The molecule has 1 rings (SSSR count). The molecule has 0 aromatic heterocycles. The van der Waals surface area contributed by atoms with E-state index in [1.165, 1.54) is 6.92 Å². The van der Waals surface area contributed by atoms with Crippen molar-refractivity contribution >= 4 is 14.3 Å². The van der Waals surface area contributed by atoms with E-state index in [0.29, 0.717) is 6.42 Å².